The van der Waals surface area contributed by atoms with Crippen molar-refractivity contribution in [3.63, 3.8) is 0 Å². The van der Waals surface area contributed by atoms with Crippen LogP contribution in [0.15, 0.2) is 0 Å². The third kappa shape index (κ3) is 31.8. The van der Waals surface area contributed by atoms with E-state index in [0.717, 1.165) is 38.5 Å². The van der Waals surface area contributed by atoms with Crippen LogP contribution in [0.2, 0.25) is 0 Å². The van der Waals surface area contributed by atoms with Crippen molar-refractivity contribution in [3.05, 3.63) is 0 Å². The lowest BCUT2D eigenvalue weighted by Crippen LogP contribution is -2.64. The first-order valence-corrected chi connectivity index (χ1v) is 26.9. The molecule has 1 rings (SSSR count). The minimum Gasteiger partial charge on any atom is -0.457 e. The molecule has 13 heteroatoms. The van der Waals surface area contributed by atoms with E-state index in [1.54, 1.807) is 0 Å². The van der Waals surface area contributed by atoms with Gasteiger partial charge >= 0.3 is 13.8 Å². The summed E-state index contributed by atoms with van der Waals surface area (Å²) in [5.74, 6) is -0.472. The Kier molecular flexibility index (Phi) is 38.0. The number of aliphatic hydroxyl groups excluding tert-OH is 5. The summed E-state index contributed by atoms with van der Waals surface area (Å²) in [5, 5.41) is 50.2. The van der Waals surface area contributed by atoms with Crippen LogP contribution >= 0.6 is 7.82 Å². The summed E-state index contributed by atoms with van der Waals surface area (Å²) < 4.78 is 34.2. The molecule has 0 aromatic rings. The summed E-state index contributed by atoms with van der Waals surface area (Å²) in [6.45, 7) is 4.29. The molecule has 364 valence electrons. The van der Waals surface area contributed by atoms with Gasteiger partial charge in [-0.2, -0.15) is 0 Å². The Balaban J connectivity index is 2.26. The van der Waals surface area contributed by atoms with Gasteiger partial charge in [0.25, 0.3) is 0 Å². The van der Waals surface area contributed by atoms with E-state index in [4.69, 9.17) is 18.5 Å². The average molecular weight is 895 g/mol. The maximum absolute atomic E-state index is 12.8. The van der Waals surface area contributed by atoms with Gasteiger partial charge in [0.05, 0.1) is 13.2 Å². The molecule has 12 nitrogen and oxygen atoms in total. The highest BCUT2D eigenvalue weighted by molar-refractivity contribution is 7.47. The summed E-state index contributed by atoms with van der Waals surface area (Å²) in [5.41, 5.74) is 0. The van der Waals surface area contributed by atoms with E-state index in [9.17, 15) is 39.8 Å². The van der Waals surface area contributed by atoms with Crippen LogP contribution in [0, 0.1) is 0 Å². The first-order valence-electron chi connectivity index (χ1n) is 25.4. The van der Waals surface area contributed by atoms with E-state index >= 15 is 0 Å². The predicted octanol–water partition coefficient (Wildman–Crippen LogP) is 10.9. The molecule has 6 unspecified atom stereocenters. The Labute approximate surface area is 372 Å². The Morgan fingerprint density at radius 2 is 0.770 bits per heavy atom. The van der Waals surface area contributed by atoms with Crippen LogP contribution in [-0.2, 0) is 27.9 Å². The molecule has 0 aromatic heterocycles. The van der Waals surface area contributed by atoms with Crippen molar-refractivity contribution < 1.29 is 58.3 Å². The van der Waals surface area contributed by atoms with Gasteiger partial charge in [0, 0.05) is 13.0 Å². The first kappa shape index (κ1) is 58.4. The summed E-state index contributed by atoms with van der Waals surface area (Å²) >= 11 is 0. The SMILES string of the molecule is CCCCCCCCCCCCCCCCCCCCCCCCCOCC(COP(=O)(O)OC1C(O)C(O)C(O)C(O)C1O)OC(=O)CCCCCCCCCCCCC. The van der Waals surface area contributed by atoms with Gasteiger partial charge < -0.3 is 39.9 Å². The lowest BCUT2D eigenvalue weighted by molar-refractivity contribution is -0.220. The average Bonchev–Trinajstić information content (AvgIpc) is 3.24. The molecule has 0 heterocycles. The fourth-order valence-electron chi connectivity index (χ4n) is 8.18. The van der Waals surface area contributed by atoms with Crippen LogP contribution in [0.25, 0.3) is 0 Å². The molecule has 0 aromatic carbocycles. The Hall–Kier alpha value is -0.660. The molecule has 0 spiro atoms. The number of carbonyl (C=O) groups is 1. The van der Waals surface area contributed by atoms with Gasteiger partial charge in [-0.1, -0.05) is 219 Å². The lowest BCUT2D eigenvalue weighted by Gasteiger charge is -2.41. The molecule has 1 aliphatic rings. The molecule has 6 N–H and O–H groups in total. The Morgan fingerprint density at radius 3 is 1.13 bits per heavy atom. The van der Waals surface area contributed by atoms with E-state index in [1.165, 1.54) is 173 Å². The number of rotatable bonds is 44. The second-order valence-corrected chi connectivity index (χ2v) is 19.4. The number of unbranched alkanes of at least 4 members (excludes halogenated alkanes) is 32. The lowest BCUT2D eigenvalue weighted by atomic mass is 9.85. The quantitative estimate of drug-likeness (QED) is 0.0193. The molecule has 61 heavy (non-hydrogen) atoms. The van der Waals surface area contributed by atoms with E-state index in [-0.39, 0.29) is 13.0 Å². The smallest absolute Gasteiger partial charge is 0.457 e. The second-order valence-electron chi connectivity index (χ2n) is 18.0. The van der Waals surface area contributed by atoms with E-state index in [1.807, 2.05) is 0 Å². The van der Waals surface area contributed by atoms with E-state index < -0.39 is 63.1 Å². The maximum Gasteiger partial charge on any atom is 0.472 e. The normalized spacial score (nSPS) is 22.0. The van der Waals surface area contributed by atoms with Crippen molar-refractivity contribution in [2.24, 2.45) is 0 Å². The summed E-state index contributed by atoms with van der Waals surface area (Å²) in [6, 6.07) is 0. The van der Waals surface area contributed by atoms with Gasteiger partial charge in [0.2, 0.25) is 0 Å². The van der Waals surface area contributed by atoms with Gasteiger partial charge in [-0.15, -0.1) is 0 Å². The van der Waals surface area contributed by atoms with Gasteiger partial charge in [-0.05, 0) is 12.8 Å². The fraction of sp³-hybridized carbons (Fsp3) is 0.979. The standard InChI is InChI=1S/C48H95O12P/c1-3-5-7-9-11-13-15-16-17-18-19-20-21-22-23-24-25-26-28-30-32-34-36-38-57-39-41(59-42(49)37-35-33-31-29-27-14-12-10-8-6-4-2)40-58-61(55,56)60-48-46(53)44(51)43(50)45(52)47(48)54/h41,43-48,50-54H,3-40H2,1-2H3,(H,55,56). The number of carbonyl (C=O) groups excluding carboxylic acids is 1. The van der Waals surface area contributed by atoms with Gasteiger partial charge in [0.15, 0.2) is 0 Å². The molecule has 0 radical (unpaired) electrons. The minimum absolute atomic E-state index is 0.0679. The van der Waals surface area contributed by atoms with Crippen LogP contribution in [0.1, 0.15) is 239 Å². The molecule has 1 saturated carbocycles. The van der Waals surface area contributed by atoms with Crippen LogP contribution in [0.5, 0.6) is 0 Å². The van der Waals surface area contributed by atoms with E-state index in [2.05, 4.69) is 13.8 Å². The summed E-state index contributed by atoms with van der Waals surface area (Å²) in [4.78, 5) is 23.1. The molecular formula is C48H95O12P. The third-order valence-corrected chi connectivity index (χ3v) is 13.2. The number of esters is 1. The van der Waals surface area contributed by atoms with Crippen LogP contribution in [-0.4, -0.2) is 98.9 Å². The van der Waals surface area contributed by atoms with Gasteiger partial charge in [-0.25, -0.2) is 4.57 Å². The number of aliphatic hydroxyl groups is 5. The van der Waals surface area contributed by atoms with E-state index in [0.29, 0.717) is 13.0 Å². The van der Waals surface area contributed by atoms with Crippen molar-refractivity contribution >= 4 is 13.8 Å². The molecule has 1 fully saturated rings. The molecule has 6 atom stereocenters. The van der Waals surface area contributed by atoms with Crippen molar-refractivity contribution in [2.75, 3.05) is 19.8 Å². The van der Waals surface area contributed by atoms with Crippen molar-refractivity contribution in [2.45, 2.75) is 281 Å². The highest BCUT2D eigenvalue weighted by Crippen LogP contribution is 2.47. The molecule has 0 bridgehead atoms. The zero-order chi connectivity index (χ0) is 44.8. The highest BCUT2D eigenvalue weighted by Gasteiger charge is 2.51. The van der Waals surface area contributed by atoms with Gasteiger partial charge in [-0.3, -0.25) is 13.8 Å². The molecule has 0 amide bonds. The maximum atomic E-state index is 12.8. The molecular weight excluding hydrogens is 799 g/mol. The molecule has 0 aliphatic heterocycles. The number of phosphoric acid groups is 1. The topological polar surface area (TPSA) is 192 Å². The second kappa shape index (κ2) is 39.7. The van der Waals surface area contributed by atoms with Crippen LogP contribution in [0.3, 0.4) is 0 Å². The zero-order valence-electron chi connectivity index (χ0n) is 39.0. The summed E-state index contributed by atoms with van der Waals surface area (Å²) in [7, 11) is -5.01. The highest BCUT2D eigenvalue weighted by atomic mass is 31.2. The molecule has 0 saturated heterocycles. The predicted molar refractivity (Wildman–Crippen MR) is 244 cm³/mol. The monoisotopic (exact) mass is 895 g/mol. The number of ether oxygens (including phenoxy) is 2. The zero-order valence-corrected chi connectivity index (χ0v) is 39.9. The van der Waals surface area contributed by atoms with Crippen LogP contribution < -0.4 is 0 Å². The van der Waals surface area contributed by atoms with Gasteiger partial charge in [0.1, 0.15) is 42.7 Å². The van der Waals surface area contributed by atoms with Crippen LogP contribution in [0.4, 0.5) is 0 Å². The largest absolute Gasteiger partial charge is 0.472 e. The van der Waals surface area contributed by atoms with Crippen molar-refractivity contribution in [1.82, 2.24) is 0 Å². The van der Waals surface area contributed by atoms with Crippen molar-refractivity contribution in [3.8, 4) is 0 Å². The number of hydrogen-bond acceptors (Lipinski definition) is 11. The number of phosphoric ester groups is 1. The van der Waals surface area contributed by atoms with Crippen molar-refractivity contribution in [1.29, 1.82) is 0 Å². The third-order valence-electron chi connectivity index (χ3n) is 12.2. The fourth-order valence-corrected chi connectivity index (χ4v) is 9.15. The summed E-state index contributed by atoms with van der Waals surface area (Å²) in [6.07, 6.45) is 30.5. The number of hydrogen-bond donors (Lipinski definition) is 6. The Bertz CT molecular complexity index is 1020. The minimum atomic E-state index is -5.01. The first-order chi connectivity index (χ1) is 29.5. The Morgan fingerprint density at radius 1 is 0.459 bits per heavy atom. The molecule has 1 aliphatic carbocycles.